The van der Waals surface area contributed by atoms with Crippen molar-refractivity contribution in [3.8, 4) is 0 Å². The molecule has 1 aliphatic rings. The lowest BCUT2D eigenvalue weighted by Gasteiger charge is -2.16. The van der Waals surface area contributed by atoms with Crippen molar-refractivity contribution in [1.82, 2.24) is 0 Å². The van der Waals surface area contributed by atoms with E-state index in [-0.39, 0.29) is 12.3 Å². The zero-order chi connectivity index (χ0) is 21.2. The largest absolute Gasteiger partial charge is 0.462 e. The normalized spacial score (nSPS) is 16.8. The van der Waals surface area contributed by atoms with Crippen molar-refractivity contribution < 1.29 is 32.3 Å². The molecule has 0 spiro atoms. The number of ether oxygens (including phenoxy) is 1. The number of amides is 2. The molecule has 1 aliphatic heterocycles. The van der Waals surface area contributed by atoms with Gasteiger partial charge in [0.15, 0.2) is 5.37 Å². The Morgan fingerprint density at radius 2 is 1.86 bits per heavy atom. The first-order valence-corrected chi connectivity index (χ1v) is 9.34. The summed E-state index contributed by atoms with van der Waals surface area (Å²) >= 11 is 0.657. The molecule has 0 saturated carbocycles. The van der Waals surface area contributed by atoms with Gasteiger partial charge in [0.1, 0.15) is 0 Å². The van der Waals surface area contributed by atoms with Crippen molar-refractivity contribution in [2.75, 3.05) is 16.8 Å². The van der Waals surface area contributed by atoms with Gasteiger partial charge in [0.05, 0.1) is 23.4 Å². The Bertz CT molecular complexity index is 947. The van der Waals surface area contributed by atoms with Crippen LogP contribution in [0.2, 0.25) is 0 Å². The van der Waals surface area contributed by atoms with Crippen LogP contribution in [0.15, 0.2) is 48.5 Å². The lowest BCUT2D eigenvalue weighted by atomic mass is 10.2. The molecular weight excluding hydrogens is 409 g/mol. The molecule has 1 unspecified atom stereocenters. The van der Waals surface area contributed by atoms with Crippen LogP contribution in [-0.2, 0) is 15.7 Å². The first-order chi connectivity index (χ1) is 13.7. The summed E-state index contributed by atoms with van der Waals surface area (Å²) in [7, 11) is 0. The molecule has 1 N–H and O–H groups in total. The molecule has 0 aliphatic carbocycles. The van der Waals surface area contributed by atoms with E-state index in [4.69, 9.17) is 4.74 Å². The lowest BCUT2D eigenvalue weighted by molar-refractivity contribution is -0.137. The number of carbonyl (C=O) groups excluding carboxylic acids is 3. The molecule has 152 valence electrons. The highest BCUT2D eigenvalue weighted by Crippen LogP contribution is 2.36. The summed E-state index contributed by atoms with van der Waals surface area (Å²) < 4.78 is 43.6. The highest BCUT2D eigenvalue weighted by atomic mass is 32.2. The van der Waals surface area contributed by atoms with E-state index in [1.165, 1.54) is 30.3 Å². The van der Waals surface area contributed by atoms with Gasteiger partial charge >= 0.3 is 12.1 Å². The van der Waals surface area contributed by atoms with Gasteiger partial charge in [-0.3, -0.25) is 9.59 Å². The number of hydrogen-bond acceptors (Lipinski definition) is 6. The minimum atomic E-state index is -4.59. The van der Waals surface area contributed by atoms with E-state index in [0.717, 1.165) is 18.2 Å². The number of esters is 1. The van der Waals surface area contributed by atoms with Crippen LogP contribution in [0.1, 0.15) is 22.8 Å². The SMILES string of the molecule is CCOC(=O)c1ccc(NC2SC(=O)N(c3cccc(C(F)(F)F)c3)C2=O)cc1. The van der Waals surface area contributed by atoms with E-state index in [1.807, 2.05) is 0 Å². The summed E-state index contributed by atoms with van der Waals surface area (Å²) in [6, 6.07) is 10.1. The second-order valence-corrected chi connectivity index (χ2v) is 6.98. The first kappa shape index (κ1) is 20.7. The van der Waals surface area contributed by atoms with Crippen LogP contribution in [0.4, 0.5) is 29.3 Å². The third-order valence-electron chi connectivity index (χ3n) is 3.97. The van der Waals surface area contributed by atoms with Crippen LogP contribution in [-0.4, -0.2) is 29.1 Å². The average molecular weight is 424 g/mol. The molecule has 1 heterocycles. The Morgan fingerprint density at radius 3 is 2.48 bits per heavy atom. The van der Waals surface area contributed by atoms with E-state index < -0.39 is 34.2 Å². The Balaban J connectivity index is 1.75. The van der Waals surface area contributed by atoms with Crippen molar-refractivity contribution in [1.29, 1.82) is 0 Å². The molecule has 3 rings (SSSR count). The maximum Gasteiger partial charge on any atom is 0.416 e. The van der Waals surface area contributed by atoms with Crippen LogP contribution in [0.5, 0.6) is 0 Å². The van der Waals surface area contributed by atoms with E-state index >= 15 is 0 Å². The van der Waals surface area contributed by atoms with Gasteiger partial charge < -0.3 is 10.1 Å². The molecule has 0 aromatic heterocycles. The number of alkyl halides is 3. The number of imide groups is 1. The van der Waals surface area contributed by atoms with Crippen molar-refractivity contribution in [2.45, 2.75) is 18.5 Å². The molecule has 29 heavy (non-hydrogen) atoms. The summed E-state index contributed by atoms with van der Waals surface area (Å²) in [4.78, 5) is 37.2. The van der Waals surface area contributed by atoms with Crippen LogP contribution in [0.25, 0.3) is 0 Å². The molecule has 0 bridgehead atoms. The quantitative estimate of drug-likeness (QED) is 0.712. The Hall–Kier alpha value is -3.01. The van der Waals surface area contributed by atoms with Gasteiger partial charge in [-0.2, -0.15) is 13.2 Å². The highest BCUT2D eigenvalue weighted by Gasteiger charge is 2.41. The number of nitrogens with one attached hydrogen (secondary N) is 1. The van der Waals surface area contributed by atoms with Crippen molar-refractivity contribution in [2.24, 2.45) is 0 Å². The number of halogens is 3. The fourth-order valence-corrected chi connectivity index (χ4v) is 3.53. The maximum atomic E-state index is 12.9. The molecule has 2 amide bonds. The zero-order valence-electron chi connectivity index (χ0n) is 15.0. The van der Waals surface area contributed by atoms with Crippen molar-refractivity contribution in [3.63, 3.8) is 0 Å². The third kappa shape index (κ3) is 4.53. The standard InChI is InChI=1S/C19H15F3N2O4S/c1-2-28-17(26)11-6-8-13(9-7-11)23-15-16(25)24(18(27)29-15)14-5-3-4-12(10-14)19(20,21)22/h3-10,15,23H,2H2,1H3. The number of thioether (sulfide) groups is 1. The fourth-order valence-electron chi connectivity index (χ4n) is 2.62. The fraction of sp³-hybridized carbons (Fsp3) is 0.211. The third-order valence-corrected chi connectivity index (χ3v) is 4.91. The molecule has 1 saturated heterocycles. The second kappa shape index (κ2) is 8.16. The lowest BCUT2D eigenvalue weighted by Crippen LogP contribution is -2.34. The molecule has 10 heteroatoms. The van der Waals surface area contributed by atoms with Gasteiger partial charge in [0, 0.05) is 5.69 Å². The van der Waals surface area contributed by atoms with Crippen LogP contribution in [0.3, 0.4) is 0 Å². The predicted molar refractivity (Wildman–Crippen MR) is 102 cm³/mol. The van der Waals surface area contributed by atoms with Gasteiger partial charge in [0.25, 0.3) is 11.1 Å². The van der Waals surface area contributed by atoms with Crippen molar-refractivity contribution >= 4 is 40.3 Å². The molecule has 1 atom stereocenters. The Morgan fingerprint density at radius 1 is 1.17 bits per heavy atom. The predicted octanol–water partition coefficient (Wildman–Crippen LogP) is 4.52. The van der Waals surface area contributed by atoms with E-state index in [9.17, 15) is 27.6 Å². The van der Waals surface area contributed by atoms with Gasteiger partial charge in [-0.1, -0.05) is 6.07 Å². The number of hydrogen-bond donors (Lipinski definition) is 1. The van der Waals surface area contributed by atoms with Crippen molar-refractivity contribution in [3.05, 3.63) is 59.7 Å². The first-order valence-electron chi connectivity index (χ1n) is 8.46. The number of nitrogens with zero attached hydrogens (tertiary/aromatic N) is 1. The second-order valence-electron chi connectivity index (χ2n) is 5.93. The van der Waals surface area contributed by atoms with Gasteiger partial charge in [0.2, 0.25) is 0 Å². The molecule has 0 radical (unpaired) electrons. The minimum Gasteiger partial charge on any atom is -0.462 e. The Labute approximate surface area is 168 Å². The molecule has 2 aromatic rings. The Kier molecular flexibility index (Phi) is 5.83. The van der Waals surface area contributed by atoms with Crippen LogP contribution in [0, 0.1) is 0 Å². The van der Waals surface area contributed by atoms with Crippen LogP contribution >= 0.6 is 11.8 Å². The smallest absolute Gasteiger partial charge is 0.416 e. The maximum absolute atomic E-state index is 12.9. The summed E-state index contributed by atoms with van der Waals surface area (Å²) in [5.41, 5.74) is -0.317. The highest BCUT2D eigenvalue weighted by molar-refractivity contribution is 8.16. The summed E-state index contributed by atoms with van der Waals surface area (Å²) in [5, 5.41) is 1.15. The van der Waals surface area contributed by atoms with E-state index in [0.29, 0.717) is 27.9 Å². The monoisotopic (exact) mass is 424 g/mol. The van der Waals surface area contributed by atoms with E-state index in [2.05, 4.69) is 5.32 Å². The molecule has 6 nitrogen and oxygen atoms in total. The average Bonchev–Trinajstić information content (AvgIpc) is 2.95. The van der Waals surface area contributed by atoms with Gasteiger partial charge in [-0.15, -0.1) is 0 Å². The summed E-state index contributed by atoms with van der Waals surface area (Å²) in [6.07, 6.45) is -4.59. The topological polar surface area (TPSA) is 75.7 Å². The molecule has 1 fully saturated rings. The van der Waals surface area contributed by atoms with Gasteiger partial charge in [-0.25, -0.2) is 9.69 Å². The van der Waals surface area contributed by atoms with Crippen LogP contribution < -0.4 is 10.2 Å². The molecular formula is C19H15F3N2O4S. The van der Waals surface area contributed by atoms with E-state index in [1.54, 1.807) is 6.92 Å². The summed E-state index contributed by atoms with van der Waals surface area (Å²) in [6.45, 7) is 1.92. The number of carbonyl (C=O) groups is 3. The zero-order valence-corrected chi connectivity index (χ0v) is 15.8. The molecule has 2 aromatic carbocycles. The number of benzene rings is 2. The summed E-state index contributed by atoms with van der Waals surface area (Å²) in [5.74, 6) is -1.18. The van der Waals surface area contributed by atoms with Gasteiger partial charge in [-0.05, 0) is 61.2 Å². The number of rotatable bonds is 5. The number of anilines is 2. The minimum absolute atomic E-state index is 0.149.